The number of nitrogens with zero attached hydrogens (tertiary/aromatic N) is 5. The van der Waals surface area contributed by atoms with Gasteiger partial charge in [-0.15, -0.1) is 0 Å². The third-order valence-electron chi connectivity index (χ3n) is 5.24. The Hall–Kier alpha value is -2.41. The van der Waals surface area contributed by atoms with Crippen molar-refractivity contribution in [2.75, 3.05) is 26.2 Å². The van der Waals surface area contributed by atoms with Crippen molar-refractivity contribution in [1.82, 2.24) is 18.8 Å². The number of aromatic nitrogens is 2. The fourth-order valence-corrected chi connectivity index (χ4v) is 5.24. The van der Waals surface area contributed by atoms with Gasteiger partial charge in [0.25, 0.3) is 0 Å². The predicted molar refractivity (Wildman–Crippen MR) is 119 cm³/mol. The average molecular weight is 476 g/mol. The zero-order valence-electron chi connectivity index (χ0n) is 16.4. The second-order valence-electron chi connectivity index (χ2n) is 7.18. The van der Waals surface area contributed by atoms with E-state index < -0.39 is 10.0 Å². The van der Waals surface area contributed by atoms with Gasteiger partial charge in [-0.2, -0.15) is 9.57 Å². The topological polar surface area (TPSA) is 82.2 Å². The van der Waals surface area contributed by atoms with Crippen molar-refractivity contribution >= 4 is 33.2 Å². The Bertz CT molecular complexity index is 1210. The van der Waals surface area contributed by atoms with Gasteiger partial charge in [0.1, 0.15) is 6.33 Å². The van der Waals surface area contributed by atoms with Crippen LogP contribution in [0, 0.1) is 11.3 Å². The molecule has 2 aromatic carbocycles. The molecule has 0 atom stereocenters. The molecule has 0 aliphatic carbocycles. The van der Waals surface area contributed by atoms with E-state index >= 15 is 0 Å². The Labute approximate surface area is 191 Å². The summed E-state index contributed by atoms with van der Waals surface area (Å²) in [6, 6.07) is 16.1. The van der Waals surface area contributed by atoms with Crippen LogP contribution in [0.3, 0.4) is 0 Å². The molecule has 31 heavy (non-hydrogen) atoms. The molecular formula is C21H19Cl2N5O2S. The molecule has 1 aliphatic rings. The molecule has 0 saturated carbocycles. The fourth-order valence-electron chi connectivity index (χ4n) is 3.49. The largest absolute Gasteiger partial charge is 0.296 e. The quantitative estimate of drug-likeness (QED) is 0.563. The van der Waals surface area contributed by atoms with E-state index in [1.807, 2.05) is 12.1 Å². The van der Waals surface area contributed by atoms with Crippen LogP contribution in [-0.4, -0.2) is 53.4 Å². The molecular weight excluding hydrogens is 457 g/mol. The molecule has 2 heterocycles. The zero-order chi connectivity index (χ0) is 22.0. The monoisotopic (exact) mass is 475 g/mol. The summed E-state index contributed by atoms with van der Waals surface area (Å²) in [5.41, 5.74) is 2.41. The third-order valence-corrected chi connectivity index (χ3v) is 7.89. The molecule has 3 aromatic rings. The molecule has 1 fully saturated rings. The smallest absolute Gasteiger partial charge is 0.243 e. The summed E-state index contributed by atoms with van der Waals surface area (Å²) in [5.74, 6) is 0. The van der Waals surface area contributed by atoms with Crippen molar-refractivity contribution in [3.8, 4) is 11.8 Å². The van der Waals surface area contributed by atoms with Gasteiger partial charge >= 0.3 is 0 Å². The lowest BCUT2D eigenvalue weighted by Gasteiger charge is -2.34. The molecule has 0 N–H and O–H groups in total. The fraction of sp³-hybridized carbons (Fsp3) is 0.238. The van der Waals surface area contributed by atoms with Gasteiger partial charge in [-0.05, 0) is 42.0 Å². The molecule has 160 valence electrons. The van der Waals surface area contributed by atoms with Crippen LogP contribution >= 0.6 is 23.2 Å². The Morgan fingerprint density at radius 2 is 1.61 bits per heavy atom. The minimum absolute atomic E-state index is 0.192. The predicted octanol–water partition coefficient (Wildman–Crippen LogP) is 3.56. The highest BCUT2D eigenvalue weighted by molar-refractivity contribution is 7.89. The molecule has 1 aliphatic heterocycles. The second-order valence-corrected chi connectivity index (χ2v) is 9.83. The SMILES string of the molecule is N#Cc1ccc(CN2CCN(S(=O)(=O)c3ccc(-n4cnc(Cl)c4Cl)cc3)CC2)cc1. The van der Waals surface area contributed by atoms with Crippen molar-refractivity contribution in [3.63, 3.8) is 0 Å². The van der Waals surface area contributed by atoms with Crippen LogP contribution in [-0.2, 0) is 16.6 Å². The van der Waals surface area contributed by atoms with Crippen LogP contribution < -0.4 is 0 Å². The summed E-state index contributed by atoms with van der Waals surface area (Å²) in [5, 5.41) is 9.36. The lowest BCUT2D eigenvalue weighted by Crippen LogP contribution is -2.48. The highest BCUT2D eigenvalue weighted by Gasteiger charge is 2.28. The number of imidazole rings is 1. The minimum atomic E-state index is -3.58. The van der Waals surface area contributed by atoms with E-state index in [-0.39, 0.29) is 15.2 Å². The van der Waals surface area contributed by atoms with Gasteiger partial charge in [0, 0.05) is 38.4 Å². The number of rotatable bonds is 5. The van der Waals surface area contributed by atoms with E-state index in [4.69, 9.17) is 28.5 Å². The number of benzene rings is 2. The van der Waals surface area contributed by atoms with E-state index in [0.29, 0.717) is 37.4 Å². The molecule has 10 heteroatoms. The first-order valence-corrected chi connectivity index (χ1v) is 11.8. The molecule has 0 radical (unpaired) electrons. The number of sulfonamides is 1. The maximum atomic E-state index is 13.1. The van der Waals surface area contributed by atoms with Crippen LogP contribution in [0.15, 0.2) is 59.8 Å². The van der Waals surface area contributed by atoms with Crippen LogP contribution in [0.1, 0.15) is 11.1 Å². The van der Waals surface area contributed by atoms with Crippen molar-refractivity contribution in [3.05, 3.63) is 76.3 Å². The van der Waals surface area contributed by atoms with Crippen molar-refractivity contribution in [2.24, 2.45) is 0 Å². The molecule has 4 rings (SSSR count). The molecule has 0 amide bonds. The Morgan fingerprint density at radius 1 is 0.968 bits per heavy atom. The number of nitriles is 1. The van der Waals surface area contributed by atoms with Crippen LogP contribution in [0.2, 0.25) is 10.3 Å². The Kier molecular flexibility index (Phi) is 6.32. The molecule has 0 spiro atoms. The molecule has 7 nitrogen and oxygen atoms in total. The van der Waals surface area contributed by atoms with Gasteiger partial charge in [0.2, 0.25) is 10.0 Å². The molecule has 1 saturated heterocycles. The number of hydrogen-bond acceptors (Lipinski definition) is 5. The molecule has 1 aromatic heterocycles. The highest BCUT2D eigenvalue weighted by atomic mass is 35.5. The number of hydrogen-bond donors (Lipinski definition) is 0. The van der Waals surface area contributed by atoms with E-state index in [2.05, 4.69) is 16.0 Å². The summed E-state index contributed by atoms with van der Waals surface area (Å²) < 4.78 is 29.2. The third kappa shape index (κ3) is 4.61. The number of halogens is 2. The van der Waals surface area contributed by atoms with E-state index in [1.165, 1.54) is 10.6 Å². The molecule has 0 bridgehead atoms. The lowest BCUT2D eigenvalue weighted by molar-refractivity contribution is 0.181. The summed E-state index contributed by atoms with van der Waals surface area (Å²) in [4.78, 5) is 6.38. The normalized spacial score (nSPS) is 15.6. The summed E-state index contributed by atoms with van der Waals surface area (Å²) in [7, 11) is -3.58. The van der Waals surface area contributed by atoms with Gasteiger partial charge in [-0.25, -0.2) is 13.4 Å². The van der Waals surface area contributed by atoms with E-state index in [9.17, 15) is 8.42 Å². The summed E-state index contributed by atoms with van der Waals surface area (Å²) in [6.07, 6.45) is 1.49. The van der Waals surface area contributed by atoms with Crippen LogP contribution in [0.5, 0.6) is 0 Å². The standard InChI is InChI=1S/C21H19Cl2N5O2S/c22-20-21(23)28(15-25-20)18-5-7-19(8-6-18)31(29,30)27-11-9-26(10-12-27)14-17-3-1-16(13-24)2-4-17/h1-8,15H,9-12,14H2. The maximum Gasteiger partial charge on any atom is 0.243 e. The average Bonchev–Trinajstić information content (AvgIpc) is 3.13. The second kappa shape index (κ2) is 8.99. The van der Waals surface area contributed by atoms with Crippen LogP contribution in [0.4, 0.5) is 0 Å². The lowest BCUT2D eigenvalue weighted by atomic mass is 10.1. The minimum Gasteiger partial charge on any atom is -0.296 e. The van der Waals surface area contributed by atoms with Gasteiger partial charge in [-0.3, -0.25) is 9.47 Å². The van der Waals surface area contributed by atoms with Gasteiger partial charge in [0.15, 0.2) is 10.3 Å². The summed E-state index contributed by atoms with van der Waals surface area (Å²) >= 11 is 12.0. The van der Waals surface area contributed by atoms with Crippen molar-refractivity contribution in [2.45, 2.75) is 11.4 Å². The van der Waals surface area contributed by atoms with E-state index in [0.717, 1.165) is 12.1 Å². The van der Waals surface area contributed by atoms with Crippen molar-refractivity contribution in [1.29, 1.82) is 5.26 Å². The number of piperazine rings is 1. The van der Waals surface area contributed by atoms with Gasteiger partial charge < -0.3 is 0 Å². The summed E-state index contributed by atoms with van der Waals surface area (Å²) in [6.45, 7) is 2.84. The first kappa shape index (κ1) is 21.8. The maximum absolute atomic E-state index is 13.1. The highest BCUT2D eigenvalue weighted by Crippen LogP contribution is 2.25. The van der Waals surface area contributed by atoms with Gasteiger partial charge in [-0.1, -0.05) is 35.3 Å². The van der Waals surface area contributed by atoms with E-state index in [1.54, 1.807) is 41.0 Å². The first-order valence-electron chi connectivity index (χ1n) is 9.59. The first-order chi connectivity index (χ1) is 14.9. The van der Waals surface area contributed by atoms with Gasteiger partial charge in [0.05, 0.1) is 16.5 Å². The Balaban J connectivity index is 1.40. The molecule has 0 unspecified atom stereocenters. The zero-order valence-corrected chi connectivity index (χ0v) is 18.8. The van der Waals surface area contributed by atoms with Crippen molar-refractivity contribution < 1.29 is 8.42 Å². The Morgan fingerprint density at radius 3 is 2.16 bits per heavy atom. The van der Waals surface area contributed by atoms with Crippen LogP contribution in [0.25, 0.3) is 5.69 Å².